The quantitative estimate of drug-likeness (QED) is 0.792. The highest BCUT2D eigenvalue weighted by Crippen LogP contribution is 2.35. The molecule has 1 aliphatic carbocycles. The van der Waals surface area contributed by atoms with E-state index in [9.17, 15) is 4.79 Å². The van der Waals surface area contributed by atoms with Gasteiger partial charge in [0, 0.05) is 25.7 Å². The zero-order chi connectivity index (χ0) is 11.7. The van der Waals surface area contributed by atoms with E-state index in [0.29, 0.717) is 17.9 Å². The number of nitrogens with zero attached hydrogens (tertiary/aromatic N) is 1. The molecule has 0 aromatic heterocycles. The maximum Gasteiger partial charge on any atom is 0.228 e. The van der Waals surface area contributed by atoms with Crippen LogP contribution in [-0.2, 0) is 4.79 Å². The third kappa shape index (κ3) is 2.22. The predicted octanol–water partition coefficient (Wildman–Crippen LogP) is 1.78. The van der Waals surface area contributed by atoms with Crippen molar-refractivity contribution in [1.29, 1.82) is 0 Å². The fraction of sp³-hybridized carbons (Fsp3) is 0.929. The highest BCUT2D eigenvalue weighted by molar-refractivity contribution is 5.80. The molecule has 17 heavy (non-hydrogen) atoms. The molecule has 1 N–H and O–H groups in total. The largest absolute Gasteiger partial charge is 0.339 e. The van der Waals surface area contributed by atoms with E-state index in [2.05, 4.69) is 10.2 Å². The first-order chi connectivity index (χ1) is 8.36. The van der Waals surface area contributed by atoms with Crippen LogP contribution in [0, 0.1) is 11.8 Å². The minimum atomic E-state index is 0.291. The van der Waals surface area contributed by atoms with Crippen LogP contribution in [0.1, 0.15) is 44.9 Å². The van der Waals surface area contributed by atoms with Gasteiger partial charge >= 0.3 is 0 Å². The first kappa shape index (κ1) is 11.5. The first-order valence-corrected chi connectivity index (χ1v) is 7.37. The Labute approximate surface area is 104 Å². The Balaban J connectivity index is 1.63. The minimum absolute atomic E-state index is 0.291. The molecule has 0 aromatic carbocycles. The topological polar surface area (TPSA) is 32.3 Å². The Bertz CT molecular complexity index is 282. The van der Waals surface area contributed by atoms with Crippen LogP contribution in [0.25, 0.3) is 0 Å². The standard InChI is InChI=1S/C14H24N2O/c17-14(12-9-15-10-12)16-8-4-7-13(16)11-5-2-1-3-6-11/h11-13,15H,1-10H2. The van der Waals surface area contributed by atoms with E-state index in [4.69, 9.17) is 0 Å². The summed E-state index contributed by atoms with van der Waals surface area (Å²) in [5.74, 6) is 1.54. The molecule has 1 unspecified atom stereocenters. The van der Waals surface area contributed by atoms with Crippen molar-refractivity contribution >= 4 is 5.91 Å². The SMILES string of the molecule is O=C(C1CNC1)N1CCCC1C1CCCCC1. The molecule has 1 amide bonds. The van der Waals surface area contributed by atoms with Crippen molar-refractivity contribution in [3.8, 4) is 0 Å². The van der Waals surface area contributed by atoms with Crippen LogP contribution < -0.4 is 5.32 Å². The molecule has 96 valence electrons. The molecule has 0 bridgehead atoms. The molecule has 0 spiro atoms. The van der Waals surface area contributed by atoms with Crippen LogP contribution >= 0.6 is 0 Å². The Hall–Kier alpha value is -0.570. The molecule has 3 aliphatic rings. The Morgan fingerprint density at radius 3 is 2.41 bits per heavy atom. The Morgan fingerprint density at radius 2 is 1.76 bits per heavy atom. The highest BCUT2D eigenvalue weighted by Gasteiger charge is 2.38. The summed E-state index contributed by atoms with van der Waals surface area (Å²) in [6.45, 7) is 2.84. The monoisotopic (exact) mass is 236 g/mol. The van der Waals surface area contributed by atoms with E-state index >= 15 is 0 Å². The van der Waals surface area contributed by atoms with Gasteiger partial charge < -0.3 is 10.2 Å². The van der Waals surface area contributed by atoms with E-state index < -0.39 is 0 Å². The summed E-state index contributed by atoms with van der Waals surface area (Å²) in [6, 6.07) is 0.586. The number of amides is 1. The van der Waals surface area contributed by atoms with Gasteiger partial charge in [0.1, 0.15) is 0 Å². The predicted molar refractivity (Wildman–Crippen MR) is 67.7 cm³/mol. The van der Waals surface area contributed by atoms with Crippen molar-refractivity contribution in [3.63, 3.8) is 0 Å². The van der Waals surface area contributed by atoms with Gasteiger partial charge in [-0.15, -0.1) is 0 Å². The van der Waals surface area contributed by atoms with Gasteiger partial charge in [0.25, 0.3) is 0 Å². The van der Waals surface area contributed by atoms with Crippen LogP contribution in [-0.4, -0.2) is 36.5 Å². The molecule has 0 aromatic rings. The lowest BCUT2D eigenvalue weighted by Gasteiger charge is -2.38. The maximum absolute atomic E-state index is 12.4. The average Bonchev–Trinajstić information content (AvgIpc) is 2.76. The van der Waals surface area contributed by atoms with E-state index in [1.807, 2.05) is 0 Å². The van der Waals surface area contributed by atoms with Crippen molar-refractivity contribution in [2.24, 2.45) is 11.8 Å². The van der Waals surface area contributed by atoms with E-state index in [1.165, 1.54) is 44.9 Å². The number of hydrogen-bond acceptors (Lipinski definition) is 2. The zero-order valence-corrected chi connectivity index (χ0v) is 10.7. The van der Waals surface area contributed by atoms with Crippen molar-refractivity contribution in [2.75, 3.05) is 19.6 Å². The van der Waals surface area contributed by atoms with Crippen molar-refractivity contribution in [3.05, 3.63) is 0 Å². The molecule has 2 heterocycles. The molecular formula is C14H24N2O. The van der Waals surface area contributed by atoms with Gasteiger partial charge in [-0.1, -0.05) is 19.3 Å². The van der Waals surface area contributed by atoms with Crippen LogP contribution in [0.2, 0.25) is 0 Å². The van der Waals surface area contributed by atoms with Crippen LogP contribution in [0.4, 0.5) is 0 Å². The van der Waals surface area contributed by atoms with Crippen LogP contribution in [0.15, 0.2) is 0 Å². The minimum Gasteiger partial charge on any atom is -0.339 e. The lowest BCUT2D eigenvalue weighted by molar-refractivity contribution is -0.139. The molecule has 0 radical (unpaired) electrons. The highest BCUT2D eigenvalue weighted by atomic mass is 16.2. The molecule has 1 saturated carbocycles. The fourth-order valence-corrected chi connectivity index (χ4v) is 3.77. The molecule has 2 aliphatic heterocycles. The van der Waals surface area contributed by atoms with Crippen molar-refractivity contribution in [2.45, 2.75) is 51.0 Å². The second kappa shape index (κ2) is 4.97. The fourth-order valence-electron chi connectivity index (χ4n) is 3.77. The number of rotatable bonds is 2. The second-order valence-electron chi connectivity index (χ2n) is 5.99. The number of nitrogens with one attached hydrogen (secondary N) is 1. The van der Waals surface area contributed by atoms with E-state index in [-0.39, 0.29) is 0 Å². The van der Waals surface area contributed by atoms with Gasteiger partial charge in [0.05, 0.1) is 5.92 Å². The van der Waals surface area contributed by atoms with Gasteiger partial charge in [0.2, 0.25) is 5.91 Å². The molecule has 3 fully saturated rings. The molecule has 2 saturated heterocycles. The summed E-state index contributed by atoms with van der Waals surface area (Å²) in [5, 5.41) is 3.21. The Morgan fingerprint density at radius 1 is 1.00 bits per heavy atom. The molecular weight excluding hydrogens is 212 g/mol. The van der Waals surface area contributed by atoms with Crippen molar-refractivity contribution < 1.29 is 4.79 Å². The van der Waals surface area contributed by atoms with E-state index in [1.54, 1.807) is 0 Å². The lowest BCUT2D eigenvalue weighted by atomic mass is 9.82. The number of carbonyl (C=O) groups excluding carboxylic acids is 1. The van der Waals surface area contributed by atoms with Crippen LogP contribution in [0.3, 0.4) is 0 Å². The number of likely N-dealkylation sites (tertiary alicyclic amines) is 1. The summed E-state index contributed by atoms with van der Waals surface area (Å²) in [4.78, 5) is 14.6. The van der Waals surface area contributed by atoms with Gasteiger partial charge in [-0.05, 0) is 31.6 Å². The summed E-state index contributed by atoms with van der Waals surface area (Å²) < 4.78 is 0. The first-order valence-electron chi connectivity index (χ1n) is 7.37. The summed E-state index contributed by atoms with van der Waals surface area (Å²) >= 11 is 0. The normalized spacial score (nSPS) is 31.5. The maximum atomic E-state index is 12.4. The number of hydrogen-bond donors (Lipinski definition) is 1. The molecule has 3 heteroatoms. The summed E-state index contributed by atoms with van der Waals surface area (Å²) in [5.41, 5.74) is 0. The smallest absolute Gasteiger partial charge is 0.228 e. The van der Waals surface area contributed by atoms with Crippen LogP contribution in [0.5, 0.6) is 0 Å². The van der Waals surface area contributed by atoms with Gasteiger partial charge in [-0.25, -0.2) is 0 Å². The molecule has 3 nitrogen and oxygen atoms in total. The Kier molecular flexibility index (Phi) is 3.37. The summed E-state index contributed by atoms with van der Waals surface area (Å²) in [7, 11) is 0. The van der Waals surface area contributed by atoms with Gasteiger partial charge in [0.15, 0.2) is 0 Å². The third-order valence-electron chi connectivity index (χ3n) is 4.91. The summed E-state index contributed by atoms with van der Waals surface area (Å²) in [6.07, 6.45) is 9.38. The lowest BCUT2D eigenvalue weighted by Crippen LogP contribution is -2.54. The van der Waals surface area contributed by atoms with E-state index in [0.717, 1.165) is 25.6 Å². The van der Waals surface area contributed by atoms with Gasteiger partial charge in [-0.2, -0.15) is 0 Å². The van der Waals surface area contributed by atoms with Crippen molar-refractivity contribution in [1.82, 2.24) is 10.2 Å². The third-order valence-corrected chi connectivity index (χ3v) is 4.91. The average molecular weight is 236 g/mol. The van der Waals surface area contributed by atoms with Gasteiger partial charge in [-0.3, -0.25) is 4.79 Å². The second-order valence-corrected chi connectivity index (χ2v) is 5.99. The molecule has 1 atom stereocenters. The number of carbonyl (C=O) groups is 1. The zero-order valence-electron chi connectivity index (χ0n) is 10.7. The molecule has 3 rings (SSSR count).